The Morgan fingerprint density at radius 2 is 1.94 bits per heavy atom. The number of likely N-dealkylation sites (tertiary alicyclic amines) is 1. The number of ether oxygens (including phenoxy) is 1. The average Bonchev–Trinajstić information content (AvgIpc) is 2.37. The van der Waals surface area contributed by atoms with E-state index in [0.29, 0.717) is 11.6 Å². The van der Waals surface area contributed by atoms with Gasteiger partial charge in [-0.2, -0.15) is 0 Å². The van der Waals surface area contributed by atoms with E-state index >= 15 is 0 Å². The first-order valence-corrected chi connectivity index (χ1v) is 7.16. The molecule has 1 fully saturated rings. The van der Waals surface area contributed by atoms with E-state index in [1.807, 2.05) is 0 Å². The highest BCUT2D eigenvalue weighted by atomic mass is 16.5. The van der Waals surface area contributed by atoms with Crippen molar-refractivity contribution < 1.29 is 4.74 Å². The molecule has 0 spiro atoms. The van der Waals surface area contributed by atoms with E-state index in [1.54, 1.807) is 7.11 Å². The largest absolute Gasteiger partial charge is 0.383 e. The number of hydrogen-bond donors (Lipinski definition) is 1. The van der Waals surface area contributed by atoms with Crippen molar-refractivity contribution in [3.63, 3.8) is 0 Å². The van der Waals surface area contributed by atoms with Gasteiger partial charge < -0.3 is 19.9 Å². The summed E-state index contributed by atoms with van der Waals surface area (Å²) < 4.78 is 5.19. The molecule has 18 heavy (non-hydrogen) atoms. The molecule has 108 valence electrons. The van der Waals surface area contributed by atoms with Crippen molar-refractivity contribution >= 4 is 0 Å². The van der Waals surface area contributed by atoms with Gasteiger partial charge in [-0.15, -0.1) is 0 Å². The lowest BCUT2D eigenvalue weighted by molar-refractivity contribution is 0.0528. The zero-order valence-corrected chi connectivity index (χ0v) is 12.8. The molecule has 1 unspecified atom stereocenters. The minimum atomic E-state index is 0.313. The molecule has 0 aromatic carbocycles. The maximum absolute atomic E-state index is 5.19. The fraction of sp³-hybridized carbons (Fsp3) is 1.00. The fourth-order valence-electron chi connectivity index (χ4n) is 2.74. The molecule has 1 rings (SSSR count). The Morgan fingerprint density at radius 3 is 2.39 bits per heavy atom. The van der Waals surface area contributed by atoms with Gasteiger partial charge in [-0.25, -0.2) is 0 Å². The van der Waals surface area contributed by atoms with E-state index in [2.05, 4.69) is 43.1 Å². The molecule has 1 N–H and O–H groups in total. The summed E-state index contributed by atoms with van der Waals surface area (Å²) in [4.78, 5) is 4.95. The molecule has 0 saturated carbocycles. The quantitative estimate of drug-likeness (QED) is 0.737. The standard InChI is InChI=1S/C14H31N3O/c1-6-17-9-7-14(8-10-17,16(3)4)12-15-13(2)11-18-5/h13,15H,6-12H2,1-5H3. The van der Waals surface area contributed by atoms with Crippen LogP contribution in [0.1, 0.15) is 26.7 Å². The van der Waals surface area contributed by atoms with Gasteiger partial charge in [-0.3, -0.25) is 0 Å². The van der Waals surface area contributed by atoms with Crippen LogP contribution >= 0.6 is 0 Å². The Morgan fingerprint density at radius 1 is 1.33 bits per heavy atom. The van der Waals surface area contributed by atoms with Crippen LogP contribution in [0.2, 0.25) is 0 Å². The van der Waals surface area contributed by atoms with Gasteiger partial charge in [0.1, 0.15) is 0 Å². The zero-order chi connectivity index (χ0) is 13.6. The van der Waals surface area contributed by atoms with E-state index in [-0.39, 0.29) is 0 Å². The van der Waals surface area contributed by atoms with E-state index in [9.17, 15) is 0 Å². The smallest absolute Gasteiger partial charge is 0.0613 e. The summed E-state index contributed by atoms with van der Waals surface area (Å²) in [5, 5.41) is 3.62. The lowest BCUT2D eigenvalue weighted by atomic mass is 9.86. The number of likely N-dealkylation sites (N-methyl/N-ethyl adjacent to an activating group) is 1. The minimum Gasteiger partial charge on any atom is -0.383 e. The lowest BCUT2D eigenvalue weighted by Crippen LogP contribution is -2.58. The van der Waals surface area contributed by atoms with E-state index < -0.39 is 0 Å². The first-order chi connectivity index (χ1) is 8.54. The third-order valence-electron chi connectivity index (χ3n) is 4.38. The van der Waals surface area contributed by atoms with E-state index in [1.165, 1.54) is 32.5 Å². The molecule has 4 heteroatoms. The maximum Gasteiger partial charge on any atom is 0.0613 e. The summed E-state index contributed by atoms with van der Waals surface area (Å²) in [6.07, 6.45) is 2.50. The van der Waals surface area contributed by atoms with Gasteiger partial charge in [0.15, 0.2) is 0 Å². The molecule has 0 aromatic heterocycles. The second-order valence-corrected chi connectivity index (χ2v) is 5.79. The molecule has 1 aliphatic rings. The van der Waals surface area contributed by atoms with Crippen molar-refractivity contribution in [2.75, 3.05) is 54.0 Å². The summed E-state index contributed by atoms with van der Waals surface area (Å²) in [6, 6.07) is 0.427. The molecule has 1 heterocycles. The molecule has 4 nitrogen and oxygen atoms in total. The minimum absolute atomic E-state index is 0.313. The maximum atomic E-state index is 5.19. The number of nitrogens with zero attached hydrogens (tertiary/aromatic N) is 2. The summed E-state index contributed by atoms with van der Waals surface area (Å²) in [5.74, 6) is 0. The van der Waals surface area contributed by atoms with Crippen LogP contribution in [0, 0.1) is 0 Å². The molecule has 1 saturated heterocycles. The van der Waals surface area contributed by atoms with Crippen molar-refractivity contribution in [1.29, 1.82) is 0 Å². The number of piperidine rings is 1. The molecule has 0 amide bonds. The van der Waals surface area contributed by atoms with Crippen molar-refractivity contribution in [1.82, 2.24) is 15.1 Å². The fourth-order valence-corrected chi connectivity index (χ4v) is 2.74. The third-order valence-corrected chi connectivity index (χ3v) is 4.38. The first-order valence-electron chi connectivity index (χ1n) is 7.16. The molecule has 1 atom stereocenters. The Balaban J connectivity index is 2.49. The summed E-state index contributed by atoms with van der Waals surface area (Å²) in [5.41, 5.74) is 0.313. The van der Waals surface area contributed by atoms with Gasteiger partial charge in [0.25, 0.3) is 0 Å². The van der Waals surface area contributed by atoms with Gasteiger partial charge >= 0.3 is 0 Å². The van der Waals surface area contributed by atoms with Crippen molar-refractivity contribution in [3.8, 4) is 0 Å². The van der Waals surface area contributed by atoms with Crippen LogP contribution in [0.3, 0.4) is 0 Å². The van der Waals surface area contributed by atoms with Gasteiger partial charge in [-0.1, -0.05) is 6.92 Å². The molecule has 0 bridgehead atoms. The Hall–Kier alpha value is -0.160. The van der Waals surface area contributed by atoms with Gasteiger partial charge in [0, 0.05) is 25.2 Å². The van der Waals surface area contributed by atoms with Crippen LogP contribution in [-0.2, 0) is 4.74 Å². The number of rotatable bonds is 7. The summed E-state index contributed by atoms with van der Waals surface area (Å²) in [7, 11) is 6.19. The average molecular weight is 257 g/mol. The van der Waals surface area contributed by atoms with Crippen LogP contribution in [0.4, 0.5) is 0 Å². The van der Waals surface area contributed by atoms with E-state index in [4.69, 9.17) is 4.74 Å². The van der Waals surface area contributed by atoms with Gasteiger partial charge in [0.2, 0.25) is 0 Å². The van der Waals surface area contributed by atoms with Gasteiger partial charge in [0.05, 0.1) is 6.61 Å². The van der Waals surface area contributed by atoms with E-state index in [0.717, 1.165) is 13.2 Å². The molecule has 0 aliphatic carbocycles. The topological polar surface area (TPSA) is 27.7 Å². The Kier molecular flexibility index (Phi) is 6.57. The zero-order valence-electron chi connectivity index (χ0n) is 12.8. The summed E-state index contributed by atoms with van der Waals surface area (Å²) >= 11 is 0. The first kappa shape index (κ1) is 15.9. The van der Waals surface area contributed by atoms with Crippen molar-refractivity contribution in [2.24, 2.45) is 0 Å². The van der Waals surface area contributed by atoms with Crippen molar-refractivity contribution in [3.05, 3.63) is 0 Å². The lowest BCUT2D eigenvalue weighted by Gasteiger charge is -2.46. The van der Waals surface area contributed by atoms with Gasteiger partial charge in [-0.05, 0) is 53.5 Å². The number of nitrogens with one attached hydrogen (secondary N) is 1. The highest BCUT2D eigenvalue weighted by Gasteiger charge is 2.36. The SMILES string of the molecule is CCN1CCC(CNC(C)COC)(N(C)C)CC1. The van der Waals surface area contributed by atoms with Crippen LogP contribution in [0.5, 0.6) is 0 Å². The highest BCUT2D eigenvalue weighted by Crippen LogP contribution is 2.26. The van der Waals surface area contributed by atoms with Crippen LogP contribution in [0.25, 0.3) is 0 Å². The number of hydrogen-bond acceptors (Lipinski definition) is 4. The molecule has 0 aromatic rings. The van der Waals surface area contributed by atoms with Crippen molar-refractivity contribution in [2.45, 2.75) is 38.3 Å². The van der Waals surface area contributed by atoms with Crippen LogP contribution in [-0.4, -0.2) is 75.4 Å². The molecule has 0 radical (unpaired) electrons. The molecular weight excluding hydrogens is 226 g/mol. The Labute approximate surface area is 113 Å². The predicted octanol–water partition coefficient (Wildman–Crippen LogP) is 1.03. The molecular formula is C14H31N3O. The van der Waals surface area contributed by atoms with Crippen LogP contribution < -0.4 is 5.32 Å². The third kappa shape index (κ3) is 4.19. The monoisotopic (exact) mass is 257 g/mol. The number of methoxy groups -OCH3 is 1. The summed E-state index contributed by atoms with van der Waals surface area (Å²) in [6.45, 7) is 9.89. The second-order valence-electron chi connectivity index (χ2n) is 5.79. The normalized spacial score (nSPS) is 22.3. The Bertz CT molecular complexity index is 225. The van der Waals surface area contributed by atoms with Crippen LogP contribution in [0.15, 0.2) is 0 Å². The molecule has 1 aliphatic heterocycles. The predicted molar refractivity (Wildman–Crippen MR) is 77.1 cm³/mol. The highest BCUT2D eigenvalue weighted by molar-refractivity contribution is 4.95. The second kappa shape index (κ2) is 7.43.